The zero-order valence-corrected chi connectivity index (χ0v) is 15.0. The second-order valence-electron chi connectivity index (χ2n) is 6.12. The van der Waals surface area contributed by atoms with Crippen LogP contribution < -0.4 is 20.8 Å². The summed E-state index contributed by atoms with van der Waals surface area (Å²) in [7, 11) is 3.01. The summed E-state index contributed by atoms with van der Waals surface area (Å²) in [5.41, 5.74) is 8.06. The Labute approximate surface area is 157 Å². The third kappa shape index (κ3) is 2.60. The van der Waals surface area contributed by atoms with Crippen molar-refractivity contribution in [2.75, 3.05) is 20.0 Å². The summed E-state index contributed by atoms with van der Waals surface area (Å²) < 4.78 is 10.5. The van der Waals surface area contributed by atoms with Gasteiger partial charge in [-0.3, -0.25) is 4.79 Å². The molecule has 0 aliphatic carbocycles. The van der Waals surface area contributed by atoms with Crippen molar-refractivity contribution < 1.29 is 19.4 Å². The van der Waals surface area contributed by atoms with Gasteiger partial charge >= 0.3 is 5.97 Å². The van der Waals surface area contributed by atoms with E-state index in [1.165, 1.54) is 26.4 Å². The van der Waals surface area contributed by atoms with Crippen molar-refractivity contribution in [3.8, 4) is 22.9 Å². The predicted octanol–water partition coefficient (Wildman–Crippen LogP) is 2.37. The summed E-state index contributed by atoms with van der Waals surface area (Å²) in [4.78, 5) is 34.1. The van der Waals surface area contributed by atoms with Crippen LogP contribution >= 0.6 is 0 Å². The number of aromatic nitrogens is 3. The summed E-state index contributed by atoms with van der Waals surface area (Å²) in [5, 5.41) is 9.68. The highest BCUT2D eigenvalue weighted by molar-refractivity contribution is 6.03. The smallest absolute Gasteiger partial charge is 0.335 e. The largest absolute Gasteiger partial charge is 0.493 e. The van der Waals surface area contributed by atoms with Gasteiger partial charge in [-0.2, -0.15) is 0 Å². The van der Waals surface area contributed by atoms with Gasteiger partial charge in [0.05, 0.1) is 42.2 Å². The highest BCUT2D eigenvalue weighted by Gasteiger charge is 2.18. The van der Waals surface area contributed by atoms with E-state index in [0.717, 1.165) is 0 Å². The van der Waals surface area contributed by atoms with Crippen LogP contribution in [-0.4, -0.2) is 40.2 Å². The molecule has 2 heterocycles. The molecule has 0 aliphatic rings. The number of carboxylic acid groups (broad SMARTS) is 1. The molecule has 0 bridgehead atoms. The minimum absolute atomic E-state index is 0.0882. The van der Waals surface area contributed by atoms with Gasteiger partial charge in [0.15, 0.2) is 17.2 Å². The Hall–Kier alpha value is -4.01. The number of H-pyrrole nitrogens is 2. The second-order valence-corrected chi connectivity index (χ2v) is 6.12. The molecule has 0 atom stereocenters. The number of hydrogen-bond acceptors (Lipinski definition) is 6. The third-order valence-electron chi connectivity index (χ3n) is 4.52. The van der Waals surface area contributed by atoms with Gasteiger partial charge in [-0.05, 0) is 18.2 Å². The SMILES string of the molecule is COc1cc2nc(-c3[nH]c4ccc(C(=O)O)cc4c3N)c(=O)[nH]c2cc1OC. The van der Waals surface area contributed by atoms with E-state index < -0.39 is 11.5 Å². The molecule has 0 fully saturated rings. The van der Waals surface area contributed by atoms with Crippen LogP contribution in [0.2, 0.25) is 0 Å². The molecule has 2 aromatic heterocycles. The Bertz CT molecular complexity index is 1310. The van der Waals surface area contributed by atoms with Crippen LogP contribution in [0, 0.1) is 0 Å². The zero-order chi connectivity index (χ0) is 20.0. The molecular formula is C19H16N4O5. The molecule has 0 saturated heterocycles. The number of carboxylic acids is 1. The van der Waals surface area contributed by atoms with Crippen molar-refractivity contribution >= 4 is 33.6 Å². The summed E-state index contributed by atoms with van der Waals surface area (Å²) in [6.07, 6.45) is 0. The first-order chi connectivity index (χ1) is 13.4. The Morgan fingerprint density at radius 2 is 1.79 bits per heavy atom. The minimum Gasteiger partial charge on any atom is -0.493 e. The topological polar surface area (TPSA) is 143 Å². The van der Waals surface area contributed by atoms with Gasteiger partial charge in [-0.15, -0.1) is 0 Å². The van der Waals surface area contributed by atoms with Gasteiger partial charge < -0.3 is 30.3 Å². The lowest BCUT2D eigenvalue weighted by Crippen LogP contribution is -2.12. The van der Waals surface area contributed by atoms with Crippen LogP contribution in [0.1, 0.15) is 10.4 Å². The fourth-order valence-corrected chi connectivity index (χ4v) is 3.12. The summed E-state index contributed by atoms with van der Waals surface area (Å²) in [6.45, 7) is 0. The molecule has 4 aromatic rings. The number of nitrogens with zero attached hydrogens (tertiary/aromatic N) is 1. The van der Waals surface area contributed by atoms with Crippen LogP contribution in [0.15, 0.2) is 35.1 Å². The molecule has 28 heavy (non-hydrogen) atoms. The van der Waals surface area contributed by atoms with Crippen LogP contribution in [0.5, 0.6) is 11.5 Å². The van der Waals surface area contributed by atoms with E-state index in [0.29, 0.717) is 39.1 Å². The molecule has 0 radical (unpaired) electrons. The van der Waals surface area contributed by atoms with Crippen molar-refractivity contribution in [2.45, 2.75) is 0 Å². The van der Waals surface area contributed by atoms with Crippen molar-refractivity contribution in [3.63, 3.8) is 0 Å². The molecule has 9 nitrogen and oxygen atoms in total. The zero-order valence-electron chi connectivity index (χ0n) is 15.0. The lowest BCUT2D eigenvalue weighted by Gasteiger charge is -2.09. The molecule has 9 heteroatoms. The Kier molecular flexibility index (Phi) is 3.92. The fourth-order valence-electron chi connectivity index (χ4n) is 3.12. The van der Waals surface area contributed by atoms with Gasteiger partial charge in [0.1, 0.15) is 0 Å². The summed E-state index contributed by atoms with van der Waals surface area (Å²) in [6, 6.07) is 7.78. The number of hydrogen-bond donors (Lipinski definition) is 4. The molecule has 142 valence electrons. The van der Waals surface area contributed by atoms with E-state index >= 15 is 0 Å². The first-order valence-electron chi connectivity index (χ1n) is 8.24. The summed E-state index contributed by atoms with van der Waals surface area (Å²) in [5.74, 6) is -0.130. The number of aromatic amines is 2. The fraction of sp³-hybridized carbons (Fsp3) is 0.105. The number of aromatic carboxylic acids is 1. The number of ether oxygens (including phenoxy) is 2. The second kappa shape index (κ2) is 6.31. The highest BCUT2D eigenvalue weighted by Crippen LogP contribution is 2.33. The van der Waals surface area contributed by atoms with Crippen LogP contribution in [-0.2, 0) is 0 Å². The minimum atomic E-state index is -1.06. The van der Waals surface area contributed by atoms with Gasteiger partial charge in [-0.1, -0.05) is 0 Å². The van der Waals surface area contributed by atoms with Crippen molar-refractivity contribution in [1.82, 2.24) is 15.0 Å². The molecule has 0 unspecified atom stereocenters. The number of benzene rings is 2. The first-order valence-corrected chi connectivity index (χ1v) is 8.24. The molecule has 0 aliphatic heterocycles. The van der Waals surface area contributed by atoms with Crippen LogP contribution in [0.3, 0.4) is 0 Å². The maximum atomic E-state index is 12.6. The molecule has 0 amide bonds. The third-order valence-corrected chi connectivity index (χ3v) is 4.52. The van der Waals surface area contributed by atoms with Crippen molar-refractivity contribution in [1.29, 1.82) is 0 Å². The Balaban J connectivity index is 1.95. The van der Waals surface area contributed by atoms with Crippen LogP contribution in [0.4, 0.5) is 5.69 Å². The number of fused-ring (bicyclic) bond motifs is 2. The number of methoxy groups -OCH3 is 2. The Morgan fingerprint density at radius 3 is 2.46 bits per heavy atom. The molecule has 2 aromatic carbocycles. The molecule has 0 saturated carbocycles. The first kappa shape index (κ1) is 17.4. The number of nitrogen functional groups attached to an aromatic ring is 1. The Morgan fingerprint density at radius 1 is 1.07 bits per heavy atom. The van der Waals surface area contributed by atoms with E-state index in [1.807, 2.05) is 0 Å². The normalized spacial score (nSPS) is 11.1. The predicted molar refractivity (Wildman–Crippen MR) is 104 cm³/mol. The van der Waals surface area contributed by atoms with Gasteiger partial charge in [0, 0.05) is 23.0 Å². The average molecular weight is 380 g/mol. The number of nitrogens with two attached hydrogens (primary N) is 1. The van der Waals surface area contributed by atoms with E-state index in [4.69, 9.17) is 15.2 Å². The van der Waals surface area contributed by atoms with Gasteiger partial charge in [-0.25, -0.2) is 9.78 Å². The maximum Gasteiger partial charge on any atom is 0.335 e. The molecule has 5 N–H and O–H groups in total. The number of nitrogens with one attached hydrogen (secondary N) is 2. The van der Waals surface area contributed by atoms with Gasteiger partial charge in [0.2, 0.25) is 0 Å². The van der Waals surface area contributed by atoms with E-state index in [-0.39, 0.29) is 16.9 Å². The van der Waals surface area contributed by atoms with Crippen LogP contribution in [0.25, 0.3) is 33.3 Å². The highest BCUT2D eigenvalue weighted by atomic mass is 16.5. The number of rotatable bonds is 4. The van der Waals surface area contributed by atoms with E-state index in [9.17, 15) is 14.7 Å². The maximum absolute atomic E-state index is 12.6. The number of anilines is 1. The lowest BCUT2D eigenvalue weighted by molar-refractivity contribution is 0.0697. The standard InChI is InChI=1S/C19H16N4O5/c1-27-13-6-11-12(7-14(13)28-2)23-18(24)17(22-11)16-15(20)9-5-8(19(25)26)3-4-10(9)21-16/h3-7,21H,20H2,1-2H3,(H,23,24)(H,25,26). The van der Waals surface area contributed by atoms with E-state index in [1.54, 1.807) is 18.2 Å². The monoisotopic (exact) mass is 380 g/mol. The average Bonchev–Trinajstić information content (AvgIpc) is 3.02. The summed E-state index contributed by atoms with van der Waals surface area (Å²) >= 11 is 0. The quantitative estimate of drug-likeness (QED) is 0.425. The molecule has 0 spiro atoms. The molecule has 4 rings (SSSR count). The lowest BCUT2D eigenvalue weighted by atomic mass is 10.1. The van der Waals surface area contributed by atoms with E-state index in [2.05, 4.69) is 15.0 Å². The van der Waals surface area contributed by atoms with Crippen molar-refractivity contribution in [2.24, 2.45) is 0 Å². The number of carbonyl (C=O) groups is 1. The van der Waals surface area contributed by atoms with Crippen molar-refractivity contribution in [3.05, 3.63) is 46.2 Å². The van der Waals surface area contributed by atoms with Gasteiger partial charge in [0.25, 0.3) is 5.56 Å². The molecular weight excluding hydrogens is 364 g/mol.